The van der Waals surface area contributed by atoms with E-state index in [1.807, 2.05) is 24.3 Å². The van der Waals surface area contributed by atoms with E-state index in [1.54, 1.807) is 9.80 Å². The van der Waals surface area contributed by atoms with Crippen LogP contribution in [0.3, 0.4) is 0 Å². The zero-order chi connectivity index (χ0) is 15.7. The van der Waals surface area contributed by atoms with Gasteiger partial charge in [0.15, 0.2) is 0 Å². The van der Waals surface area contributed by atoms with E-state index in [0.717, 1.165) is 12.2 Å². The van der Waals surface area contributed by atoms with E-state index in [2.05, 4.69) is 13.8 Å². The van der Waals surface area contributed by atoms with Crippen LogP contribution >= 0.6 is 0 Å². The molecule has 2 aliphatic rings. The molecule has 1 saturated carbocycles. The molecular weight excluding hydrogens is 276 g/mol. The molecule has 1 aliphatic heterocycles. The van der Waals surface area contributed by atoms with Gasteiger partial charge in [0.25, 0.3) is 0 Å². The van der Waals surface area contributed by atoms with Gasteiger partial charge in [-0.25, -0.2) is 0 Å². The first kappa shape index (κ1) is 15.1. The van der Waals surface area contributed by atoms with Crippen LogP contribution < -0.4 is 4.90 Å². The van der Waals surface area contributed by atoms with Crippen LogP contribution in [0.2, 0.25) is 0 Å². The third kappa shape index (κ3) is 2.87. The second-order valence-electron chi connectivity index (χ2n) is 6.75. The fraction of sp³-hybridized carbons (Fsp3) is 0.556. The summed E-state index contributed by atoms with van der Waals surface area (Å²) in [5.41, 5.74) is 2.07. The van der Waals surface area contributed by atoms with Crippen LogP contribution in [0.5, 0.6) is 0 Å². The minimum absolute atomic E-state index is 0.342. The number of carbonyl (C=O) groups is 2. The van der Waals surface area contributed by atoms with Gasteiger partial charge in [-0.3, -0.25) is 9.59 Å². The maximum atomic E-state index is 12.4. The first-order valence-corrected chi connectivity index (χ1v) is 8.27. The van der Waals surface area contributed by atoms with E-state index < -0.39 is 0 Å². The van der Waals surface area contributed by atoms with Crippen molar-refractivity contribution >= 4 is 17.5 Å². The van der Waals surface area contributed by atoms with Crippen LogP contribution in [-0.2, 0) is 9.59 Å². The second kappa shape index (κ2) is 6.11. The van der Waals surface area contributed by atoms with Crippen molar-refractivity contribution in [2.24, 2.45) is 5.92 Å². The summed E-state index contributed by atoms with van der Waals surface area (Å²) in [5, 5.41) is 0. The summed E-state index contributed by atoms with van der Waals surface area (Å²) in [7, 11) is 0. The standard InChI is InChI=1S/C18H24N2O2/c1-13(2)15-6-8-16(9-7-15)20-11-10-19(17(21)18(20)22)12-14-4-3-5-14/h6-9,13-14H,3-5,10-12H2,1-2H3. The van der Waals surface area contributed by atoms with Gasteiger partial charge in [0.1, 0.15) is 0 Å². The van der Waals surface area contributed by atoms with Crippen molar-refractivity contribution in [3.05, 3.63) is 29.8 Å². The zero-order valence-corrected chi connectivity index (χ0v) is 13.4. The summed E-state index contributed by atoms with van der Waals surface area (Å²) in [6.45, 7) is 6.28. The van der Waals surface area contributed by atoms with Crippen molar-refractivity contribution < 1.29 is 9.59 Å². The molecule has 2 amide bonds. The quantitative estimate of drug-likeness (QED) is 0.802. The lowest BCUT2D eigenvalue weighted by atomic mass is 9.85. The van der Waals surface area contributed by atoms with Crippen molar-refractivity contribution in [1.82, 2.24) is 4.90 Å². The molecule has 0 unspecified atom stereocenters. The van der Waals surface area contributed by atoms with Crippen LogP contribution in [0.1, 0.15) is 44.6 Å². The average molecular weight is 300 g/mol. The smallest absolute Gasteiger partial charge is 0.316 e. The Labute approximate surface area is 132 Å². The fourth-order valence-corrected chi connectivity index (χ4v) is 3.12. The molecule has 0 spiro atoms. The van der Waals surface area contributed by atoms with Crippen molar-refractivity contribution in [3.8, 4) is 0 Å². The summed E-state index contributed by atoms with van der Waals surface area (Å²) >= 11 is 0. The van der Waals surface area contributed by atoms with E-state index in [0.29, 0.717) is 24.9 Å². The van der Waals surface area contributed by atoms with Crippen LogP contribution in [0, 0.1) is 5.92 Å². The van der Waals surface area contributed by atoms with Crippen LogP contribution in [-0.4, -0.2) is 36.3 Å². The van der Waals surface area contributed by atoms with Gasteiger partial charge in [0, 0.05) is 25.3 Å². The van der Waals surface area contributed by atoms with E-state index >= 15 is 0 Å². The summed E-state index contributed by atoms with van der Waals surface area (Å²) < 4.78 is 0. The molecule has 4 nitrogen and oxygen atoms in total. The van der Waals surface area contributed by atoms with E-state index in [1.165, 1.54) is 24.8 Å². The maximum absolute atomic E-state index is 12.4. The summed E-state index contributed by atoms with van der Waals surface area (Å²) in [6, 6.07) is 7.97. The molecule has 2 fully saturated rings. The molecule has 1 aromatic carbocycles. The average Bonchev–Trinajstić information content (AvgIpc) is 2.47. The summed E-state index contributed by atoms with van der Waals surface area (Å²) in [4.78, 5) is 28.0. The molecule has 1 aliphatic carbocycles. The summed E-state index contributed by atoms with van der Waals surface area (Å²) in [5.74, 6) is 0.341. The predicted octanol–water partition coefficient (Wildman–Crippen LogP) is 2.79. The van der Waals surface area contributed by atoms with Crippen LogP contribution in [0.15, 0.2) is 24.3 Å². The maximum Gasteiger partial charge on any atom is 0.316 e. The van der Waals surface area contributed by atoms with Crippen molar-refractivity contribution in [3.63, 3.8) is 0 Å². The highest BCUT2D eigenvalue weighted by Crippen LogP contribution is 2.28. The van der Waals surface area contributed by atoms with Gasteiger partial charge in [-0.05, 0) is 42.4 Å². The lowest BCUT2D eigenvalue weighted by Crippen LogP contribution is -2.55. The molecule has 0 aromatic heterocycles. The van der Waals surface area contributed by atoms with E-state index in [-0.39, 0.29) is 11.8 Å². The van der Waals surface area contributed by atoms with Gasteiger partial charge < -0.3 is 9.80 Å². The molecule has 0 bridgehead atoms. The minimum atomic E-state index is -0.386. The highest BCUT2D eigenvalue weighted by atomic mass is 16.2. The Balaban J connectivity index is 1.68. The van der Waals surface area contributed by atoms with Gasteiger partial charge >= 0.3 is 11.8 Å². The highest BCUT2D eigenvalue weighted by Gasteiger charge is 2.35. The topological polar surface area (TPSA) is 40.6 Å². The zero-order valence-electron chi connectivity index (χ0n) is 13.4. The van der Waals surface area contributed by atoms with Crippen molar-refractivity contribution in [2.45, 2.75) is 39.0 Å². The third-order valence-electron chi connectivity index (χ3n) is 4.88. The number of anilines is 1. The Kier molecular flexibility index (Phi) is 4.19. The molecule has 4 heteroatoms. The van der Waals surface area contributed by atoms with Gasteiger partial charge in [0.2, 0.25) is 0 Å². The minimum Gasteiger partial charge on any atom is -0.332 e. The number of carbonyl (C=O) groups excluding carboxylic acids is 2. The number of piperazine rings is 1. The third-order valence-corrected chi connectivity index (χ3v) is 4.88. The molecule has 0 N–H and O–H groups in total. The molecule has 22 heavy (non-hydrogen) atoms. The van der Waals surface area contributed by atoms with Gasteiger partial charge in [-0.1, -0.05) is 32.4 Å². The molecular formula is C18H24N2O2. The van der Waals surface area contributed by atoms with Crippen LogP contribution in [0.4, 0.5) is 5.69 Å². The number of nitrogens with zero attached hydrogens (tertiary/aromatic N) is 2. The van der Waals surface area contributed by atoms with E-state index in [4.69, 9.17) is 0 Å². The molecule has 1 heterocycles. The Morgan fingerprint density at radius 3 is 2.27 bits per heavy atom. The van der Waals surface area contributed by atoms with Gasteiger partial charge in [-0.15, -0.1) is 0 Å². The molecule has 0 atom stereocenters. The SMILES string of the molecule is CC(C)c1ccc(N2CCN(CC3CCC3)C(=O)C2=O)cc1. The Morgan fingerprint density at radius 2 is 1.73 bits per heavy atom. The van der Waals surface area contributed by atoms with Gasteiger partial charge in [0.05, 0.1) is 0 Å². The number of hydrogen-bond donors (Lipinski definition) is 0. The number of hydrogen-bond acceptors (Lipinski definition) is 2. The molecule has 1 aromatic rings. The normalized spacial score (nSPS) is 19.8. The number of rotatable bonds is 4. The number of amides is 2. The first-order chi connectivity index (χ1) is 10.6. The predicted molar refractivity (Wildman–Crippen MR) is 86.8 cm³/mol. The lowest BCUT2D eigenvalue weighted by Gasteiger charge is -2.37. The fourth-order valence-electron chi connectivity index (χ4n) is 3.12. The van der Waals surface area contributed by atoms with E-state index in [9.17, 15) is 9.59 Å². The number of benzene rings is 1. The summed E-state index contributed by atoms with van der Waals surface area (Å²) in [6.07, 6.45) is 3.64. The van der Waals surface area contributed by atoms with Crippen molar-refractivity contribution in [2.75, 3.05) is 24.5 Å². The second-order valence-corrected chi connectivity index (χ2v) is 6.75. The Bertz CT molecular complexity index is 561. The largest absolute Gasteiger partial charge is 0.332 e. The molecule has 0 radical (unpaired) electrons. The Hall–Kier alpha value is -1.84. The first-order valence-electron chi connectivity index (χ1n) is 8.27. The highest BCUT2D eigenvalue weighted by molar-refractivity contribution is 6.41. The van der Waals surface area contributed by atoms with Crippen LogP contribution in [0.25, 0.3) is 0 Å². The lowest BCUT2D eigenvalue weighted by molar-refractivity contribution is -0.147. The molecule has 1 saturated heterocycles. The monoisotopic (exact) mass is 300 g/mol. The van der Waals surface area contributed by atoms with Gasteiger partial charge in [-0.2, -0.15) is 0 Å². The molecule has 3 rings (SSSR count). The Morgan fingerprint density at radius 1 is 1.05 bits per heavy atom. The molecule has 118 valence electrons. The van der Waals surface area contributed by atoms with Crippen molar-refractivity contribution in [1.29, 1.82) is 0 Å².